The van der Waals surface area contributed by atoms with E-state index in [9.17, 15) is 24.8 Å². The molecule has 2 saturated heterocycles. The third kappa shape index (κ3) is 4.20. The van der Waals surface area contributed by atoms with Crippen molar-refractivity contribution >= 4 is 0 Å². The van der Waals surface area contributed by atoms with Gasteiger partial charge in [0.1, 0.15) is 29.7 Å². The second kappa shape index (κ2) is 9.42. The summed E-state index contributed by atoms with van der Waals surface area (Å²) >= 11 is 0. The number of fused-ring (bicyclic) bond motifs is 2. The number of ether oxygens (including phenoxy) is 3. The van der Waals surface area contributed by atoms with Crippen LogP contribution in [0.4, 0.5) is 4.39 Å². The van der Waals surface area contributed by atoms with E-state index in [-0.39, 0.29) is 25.3 Å². The Bertz CT molecular complexity index is 837. The van der Waals surface area contributed by atoms with Crippen LogP contribution >= 0.6 is 0 Å². The number of likely N-dealkylation sites (N-methyl/N-ethyl adjacent to an activating group) is 2. The van der Waals surface area contributed by atoms with E-state index in [1.165, 1.54) is 6.07 Å². The van der Waals surface area contributed by atoms with Crippen LogP contribution in [0.2, 0.25) is 0 Å². The van der Waals surface area contributed by atoms with E-state index in [0.29, 0.717) is 5.56 Å². The van der Waals surface area contributed by atoms with Gasteiger partial charge in [-0.1, -0.05) is 18.2 Å². The summed E-state index contributed by atoms with van der Waals surface area (Å²) in [5, 5.41) is 53.6. The molecule has 10 atom stereocenters. The molecule has 186 valence electrons. The molecular formula is C22H34FN3O7. The zero-order valence-electron chi connectivity index (χ0n) is 18.9. The van der Waals surface area contributed by atoms with E-state index in [1.54, 1.807) is 39.2 Å². The monoisotopic (exact) mass is 471 g/mol. The average molecular weight is 472 g/mol. The first kappa shape index (κ1) is 24.9. The topological polar surface area (TPSA) is 145 Å². The molecule has 10 nitrogen and oxygen atoms in total. The van der Waals surface area contributed by atoms with E-state index in [1.807, 2.05) is 0 Å². The Labute approximate surface area is 192 Å². The van der Waals surface area contributed by atoms with Gasteiger partial charge in [-0.05, 0) is 27.1 Å². The molecule has 0 radical (unpaired) electrons. The van der Waals surface area contributed by atoms with Gasteiger partial charge >= 0.3 is 0 Å². The zero-order chi connectivity index (χ0) is 24.0. The summed E-state index contributed by atoms with van der Waals surface area (Å²) in [7, 11) is 3.24. The molecule has 33 heavy (non-hydrogen) atoms. The first-order valence-corrected chi connectivity index (χ1v) is 11.2. The largest absolute Gasteiger partial charge is 0.390 e. The lowest BCUT2D eigenvalue weighted by atomic mass is 9.77. The van der Waals surface area contributed by atoms with Crippen LogP contribution < -0.4 is 16.0 Å². The van der Waals surface area contributed by atoms with Gasteiger partial charge in [0.15, 0.2) is 0 Å². The fraction of sp³-hybridized carbons (Fsp3) is 0.727. The van der Waals surface area contributed by atoms with Crippen LogP contribution in [-0.4, -0.2) is 101 Å². The van der Waals surface area contributed by atoms with Gasteiger partial charge in [0.25, 0.3) is 0 Å². The predicted octanol–water partition coefficient (Wildman–Crippen LogP) is -1.83. The first-order valence-electron chi connectivity index (χ1n) is 11.2. The first-order chi connectivity index (χ1) is 15.6. The highest BCUT2D eigenvalue weighted by Crippen LogP contribution is 2.46. The Morgan fingerprint density at radius 1 is 1.03 bits per heavy atom. The zero-order valence-corrected chi connectivity index (χ0v) is 18.9. The maximum atomic E-state index is 14.0. The Morgan fingerprint density at radius 3 is 2.39 bits per heavy atom. The van der Waals surface area contributed by atoms with E-state index in [2.05, 4.69) is 16.0 Å². The summed E-state index contributed by atoms with van der Waals surface area (Å²) in [6.07, 6.45) is -6.01. The predicted molar refractivity (Wildman–Crippen MR) is 114 cm³/mol. The molecule has 1 aliphatic carbocycles. The van der Waals surface area contributed by atoms with Crippen molar-refractivity contribution in [1.29, 1.82) is 0 Å². The lowest BCUT2D eigenvalue weighted by Gasteiger charge is -2.60. The fourth-order valence-corrected chi connectivity index (χ4v) is 5.27. The Kier molecular flexibility index (Phi) is 7.10. The molecule has 0 spiro atoms. The number of hydrogen-bond acceptors (Lipinski definition) is 10. The smallest absolute Gasteiger partial charge is 0.249 e. The van der Waals surface area contributed by atoms with Crippen molar-refractivity contribution in [3.63, 3.8) is 0 Å². The summed E-state index contributed by atoms with van der Waals surface area (Å²) in [5.41, 5.74) is -1.45. The number of halogens is 1. The van der Waals surface area contributed by atoms with Gasteiger partial charge in [0, 0.05) is 25.1 Å². The number of aliphatic hydroxyl groups excluding tert-OH is 2. The van der Waals surface area contributed by atoms with Crippen molar-refractivity contribution in [3.8, 4) is 0 Å². The Morgan fingerprint density at radius 2 is 1.73 bits per heavy atom. The third-order valence-corrected chi connectivity index (χ3v) is 7.04. The minimum Gasteiger partial charge on any atom is -0.390 e. The van der Waals surface area contributed by atoms with Crippen LogP contribution in [0, 0.1) is 5.82 Å². The summed E-state index contributed by atoms with van der Waals surface area (Å²) in [5.74, 6) is -2.68. The number of hydrogen-bond donors (Lipinski definition) is 7. The maximum absolute atomic E-state index is 14.0. The van der Waals surface area contributed by atoms with Crippen molar-refractivity contribution in [2.45, 2.75) is 80.2 Å². The molecule has 1 unspecified atom stereocenters. The number of rotatable bonds is 6. The number of aliphatic hydroxyl groups is 4. The van der Waals surface area contributed by atoms with Gasteiger partial charge in [0.05, 0.1) is 24.3 Å². The molecule has 3 aliphatic rings. The number of benzene rings is 1. The summed E-state index contributed by atoms with van der Waals surface area (Å²) in [6.45, 7) is 1.71. The van der Waals surface area contributed by atoms with Crippen molar-refractivity contribution in [3.05, 3.63) is 35.6 Å². The third-order valence-electron chi connectivity index (χ3n) is 7.04. The standard InChI is InChI=1S/C22H34FN3O7/c1-11-8-21(29,10-26-9-12-6-4-5-7-13(12)23)22(30)20(31-11)32-19-17(28)14(24-2)16(27)15(25-3)18(19)33-22/h4-7,11,14-20,24-30H,8-10H2,1-3H3/t11-,14-,15+,16+,17+,18-,19?,20+,21-,22-/m1/s1. The summed E-state index contributed by atoms with van der Waals surface area (Å²) in [6, 6.07) is 4.86. The lowest BCUT2D eigenvalue weighted by Crippen LogP contribution is -2.81. The van der Waals surface area contributed by atoms with E-state index < -0.39 is 60.3 Å². The van der Waals surface area contributed by atoms with Gasteiger partial charge in [-0.15, -0.1) is 0 Å². The highest BCUT2D eigenvalue weighted by molar-refractivity contribution is 5.17. The van der Waals surface area contributed by atoms with Crippen molar-refractivity contribution in [1.82, 2.24) is 16.0 Å². The molecule has 2 heterocycles. The summed E-state index contributed by atoms with van der Waals surface area (Å²) < 4.78 is 31.8. The van der Waals surface area contributed by atoms with E-state index in [4.69, 9.17) is 14.2 Å². The second-order valence-corrected chi connectivity index (χ2v) is 9.20. The Hall–Kier alpha value is -1.25. The molecule has 0 aromatic heterocycles. The van der Waals surface area contributed by atoms with Crippen molar-refractivity contribution in [2.24, 2.45) is 0 Å². The average Bonchev–Trinajstić information content (AvgIpc) is 2.76. The van der Waals surface area contributed by atoms with Gasteiger partial charge in [-0.3, -0.25) is 0 Å². The second-order valence-electron chi connectivity index (χ2n) is 9.20. The fourth-order valence-electron chi connectivity index (χ4n) is 5.27. The van der Waals surface area contributed by atoms with Crippen molar-refractivity contribution in [2.75, 3.05) is 20.6 Å². The molecule has 11 heteroatoms. The van der Waals surface area contributed by atoms with Gasteiger partial charge in [-0.2, -0.15) is 0 Å². The molecule has 0 bridgehead atoms. The highest BCUT2D eigenvalue weighted by atomic mass is 19.1. The molecule has 3 fully saturated rings. The SMILES string of the molecule is CN[C@@H]1[C@H](O)[C@H](NC)[C@H]2O[C@]3(O)[C@H](OC2[C@H]1O)O[C@H](C)C[C@@]3(O)CNCc1ccccc1F. The van der Waals surface area contributed by atoms with Gasteiger partial charge in [0.2, 0.25) is 12.1 Å². The molecule has 4 rings (SSSR count). The van der Waals surface area contributed by atoms with E-state index >= 15 is 0 Å². The van der Waals surface area contributed by atoms with Crippen molar-refractivity contribution < 1.29 is 39.0 Å². The molecule has 1 aromatic rings. The number of nitrogens with one attached hydrogen (secondary N) is 3. The van der Waals surface area contributed by atoms with Crippen LogP contribution in [0.3, 0.4) is 0 Å². The summed E-state index contributed by atoms with van der Waals surface area (Å²) in [4.78, 5) is 0. The molecule has 1 aromatic carbocycles. The molecule has 0 amide bonds. The van der Waals surface area contributed by atoms with Crippen LogP contribution in [0.25, 0.3) is 0 Å². The molecule has 2 aliphatic heterocycles. The van der Waals surface area contributed by atoms with E-state index in [0.717, 1.165) is 0 Å². The normalized spacial score (nSPS) is 45.3. The minimum atomic E-state index is -2.30. The Balaban J connectivity index is 1.57. The van der Waals surface area contributed by atoms with Crippen LogP contribution in [0.15, 0.2) is 24.3 Å². The highest BCUT2D eigenvalue weighted by Gasteiger charge is 2.68. The van der Waals surface area contributed by atoms with Gasteiger partial charge in [-0.25, -0.2) is 4.39 Å². The quantitative estimate of drug-likeness (QED) is 0.253. The van der Waals surface area contributed by atoms with Crippen LogP contribution in [0.1, 0.15) is 18.9 Å². The van der Waals surface area contributed by atoms with Crippen LogP contribution in [0.5, 0.6) is 0 Å². The van der Waals surface area contributed by atoms with Crippen LogP contribution in [-0.2, 0) is 20.8 Å². The lowest BCUT2D eigenvalue weighted by molar-refractivity contribution is -0.482. The molecule has 7 N–H and O–H groups in total. The molecule has 1 saturated carbocycles. The molecular weight excluding hydrogens is 437 g/mol. The maximum Gasteiger partial charge on any atom is 0.249 e. The minimum absolute atomic E-state index is 0.0134. The van der Waals surface area contributed by atoms with Gasteiger partial charge < -0.3 is 50.6 Å².